The summed E-state index contributed by atoms with van der Waals surface area (Å²) < 4.78 is 96.1. The molecule has 161 valence electrons. The molecule has 0 atom stereocenters. The summed E-state index contributed by atoms with van der Waals surface area (Å²) in [6.07, 6.45) is 0.826. The maximum Gasteiger partial charge on any atom is 0.200 e. The van der Waals surface area contributed by atoms with Gasteiger partial charge in [-0.05, 0) is 32.2 Å². The average molecular weight is 432 g/mol. The molecule has 0 spiro atoms. The monoisotopic (exact) mass is 432 g/mol. The maximum atomic E-state index is 15.1. The van der Waals surface area contributed by atoms with Gasteiger partial charge in [-0.15, -0.1) is 6.08 Å². The Labute approximate surface area is 183 Å². The average Bonchev–Trinajstić information content (AvgIpc) is 2.78. The Hall–Kier alpha value is -3.09. The first-order valence-electron chi connectivity index (χ1n) is 10.9. The minimum absolute atomic E-state index is 0.113. The Balaban J connectivity index is 2.51. The summed E-state index contributed by atoms with van der Waals surface area (Å²) in [5.74, 6) is -10.5. The first-order chi connectivity index (χ1) is 15.8. The van der Waals surface area contributed by atoms with Crippen molar-refractivity contribution in [1.82, 2.24) is 0 Å². The summed E-state index contributed by atoms with van der Waals surface area (Å²) in [5.41, 5.74) is 0.453. The lowest BCUT2D eigenvalue weighted by Crippen LogP contribution is -2.49. The van der Waals surface area contributed by atoms with E-state index in [9.17, 15) is 13.2 Å². The predicted octanol–water partition coefficient (Wildman–Crippen LogP) is 5.01. The standard InChI is InChI=1S/C24H21BF5N/c1-5-16(15-12-10-14(2)11-13-15)25(17-8-6-7-9-18(17)31(3)4)19-20(26)22(28)24(30)23(29)21(19)27/h5-13H,1-4H3/q-1/b16-5+/i1D3. The number of nitrogens with zero attached hydrogens (tertiary/aromatic N) is 1. The zero-order chi connectivity index (χ0) is 25.4. The third-order valence-electron chi connectivity index (χ3n) is 5.11. The van der Waals surface area contributed by atoms with Crippen molar-refractivity contribution in [3.05, 3.63) is 94.8 Å². The van der Waals surface area contributed by atoms with Crippen molar-refractivity contribution in [3.8, 4) is 0 Å². The van der Waals surface area contributed by atoms with E-state index in [0.29, 0.717) is 5.69 Å². The molecule has 0 aliphatic rings. The molecule has 0 bridgehead atoms. The molecule has 1 radical (unpaired) electrons. The van der Waals surface area contributed by atoms with Crippen LogP contribution in [0.15, 0.2) is 54.6 Å². The van der Waals surface area contributed by atoms with E-state index in [4.69, 9.17) is 4.11 Å². The van der Waals surface area contributed by atoms with Gasteiger partial charge in [0.05, 0.1) is 0 Å². The van der Waals surface area contributed by atoms with Crippen LogP contribution in [0.3, 0.4) is 0 Å². The topological polar surface area (TPSA) is 3.24 Å². The third-order valence-corrected chi connectivity index (χ3v) is 5.11. The van der Waals surface area contributed by atoms with Gasteiger partial charge in [-0.1, -0.05) is 53.6 Å². The highest BCUT2D eigenvalue weighted by molar-refractivity contribution is 7.00. The molecule has 0 unspecified atom stereocenters. The molecule has 0 fully saturated rings. The number of halogens is 5. The second kappa shape index (κ2) is 8.96. The summed E-state index contributed by atoms with van der Waals surface area (Å²) in [6, 6.07) is 12.7. The van der Waals surface area contributed by atoms with E-state index >= 15 is 8.78 Å². The minimum atomic E-state index is -2.71. The van der Waals surface area contributed by atoms with Crippen molar-refractivity contribution in [2.24, 2.45) is 0 Å². The van der Waals surface area contributed by atoms with E-state index in [0.717, 1.165) is 11.6 Å². The number of hydrogen-bond donors (Lipinski definition) is 0. The number of hydrogen-bond acceptors (Lipinski definition) is 1. The predicted molar refractivity (Wildman–Crippen MR) is 117 cm³/mol. The lowest BCUT2D eigenvalue weighted by atomic mass is 9.34. The zero-order valence-electron chi connectivity index (χ0n) is 20.1. The molecule has 0 N–H and O–H groups in total. The zero-order valence-corrected chi connectivity index (χ0v) is 17.1. The molecule has 0 saturated carbocycles. The molecule has 31 heavy (non-hydrogen) atoms. The Kier molecular flexibility index (Phi) is 5.39. The highest BCUT2D eigenvalue weighted by Gasteiger charge is 2.27. The number of para-hydroxylation sites is 1. The van der Waals surface area contributed by atoms with E-state index in [1.807, 2.05) is 0 Å². The lowest BCUT2D eigenvalue weighted by molar-refractivity contribution is 0.384. The molecule has 0 amide bonds. The van der Waals surface area contributed by atoms with Gasteiger partial charge in [-0.2, -0.15) is 5.46 Å². The molecule has 3 aromatic rings. The van der Waals surface area contributed by atoms with Gasteiger partial charge in [-0.3, -0.25) is 0 Å². The van der Waals surface area contributed by atoms with Crippen molar-refractivity contribution in [2.75, 3.05) is 19.0 Å². The van der Waals surface area contributed by atoms with Gasteiger partial charge in [-0.25, -0.2) is 32.9 Å². The highest BCUT2D eigenvalue weighted by atomic mass is 19.2. The minimum Gasteiger partial charge on any atom is -0.380 e. The van der Waals surface area contributed by atoms with Crippen LogP contribution in [0.1, 0.15) is 22.1 Å². The molecule has 1 nitrogen and oxygen atoms in total. The van der Waals surface area contributed by atoms with Crippen LogP contribution in [0, 0.1) is 36.0 Å². The summed E-state index contributed by atoms with van der Waals surface area (Å²) in [4.78, 5) is 1.61. The summed E-state index contributed by atoms with van der Waals surface area (Å²) >= 11 is 0. The molecule has 7 heteroatoms. The fraction of sp³-hybridized carbons (Fsp3) is 0.167. The molecule has 0 aliphatic carbocycles. The van der Waals surface area contributed by atoms with Crippen molar-refractivity contribution in [1.29, 1.82) is 0 Å². The molecule has 3 rings (SSSR count). The van der Waals surface area contributed by atoms with Crippen molar-refractivity contribution in [2.45, 2.75) is 13.8 Å². The number of benzene rings is 3. The van der Waals surface area contributed by atoms with Crippen LogP contribution < -0.4 is 15.8 Å². The maximum absolute atomic E-state index is 15.1. The van der Waals surface area contributed by atoms with E-state index < -0.39 is 48.1 Å². The largest absolute Gasteiger partial charge is 0.380 e. The molecule has 0 heterocycles. The van der Waals surface area contributed by atoms with Crippen LogP contribution in [0.4, 0.5) is 27.6 Å². The molecular weight excluding hydrogens is 408 g/mol. The number of aryl methyl sites for hydroxylation is 1. The van der Waals surface area contributed by atoms with Gasteiger partial charge >= 0.3 is 0 Å². The Bertz CT molecular complexity index is 1210. The fourth-order valence-electron chi connectivity index (χ4n) is 3.57. The smallest absolute Gasteiger partial charge is 0.200 e. The van der Waals surface area contributed by atoms with Gasteiger partial charge in [0.2, 0.25) is 0 Å². The number of rotatable bonds is 5. The van der Waals surface area contributed by atoms with E-state index in [2.05, 4.69) is 0 Å². The van der Waals surface area contributed by atoms with Crippen LogP contribution in [-0.4, -0.2) is 20.8 Å². The summed E-state index contributed by atoms with van der Waals surface area (Å²) in [6.45, 7) is -2.54. The summed E-state index contributed by atoms with van der Waals surface area (Å²) in [7, 11) is 3.29. The Morgan fingerprint density at radius 2 is 1.39 bits per heavy atom. The SMILES string of the molecule is [2H]C([2H])([2H])/C=C(/[B-](c1ccccc1N(C)C)c1c(F)c(F)c(F)c(F)c1F)c1ccc(C)cc1. The van der Waals surface area contributed by atoms with Gasteiger partial charge < -0.3 is 4.90 Å². The lowest BCUT2D eigenvalue weighted by Gasteiger charge is -2.37. The van der Waals surface area contributed by atoms with Gasteiger partial charge in [0, 0.05) is 18.2 Å². The van der Waals surface area contributed by atoms with Gasteiger partial charge in [0.25, 0.3) is 0 Å². The second-order valence-electron chi connectivity index (χ2n) is 7.34. The van der Waals surface area contributed by atoms with Crippen molar-refractivity contribution < 1.29 is 26.1 Å². The molecule has 0 aromatic heterocycles. The molecule has 0 aliphatic heterocycles. The number of allylic oxidation sites excluding steroid dienone is 1. The van der Waals surface area contributed by atoms with E-state index in [1.165, 1.54) is 6.07 Å². The van der Waals surface area contributed by atoms with Gasteiger partial charge in [0.15, 0.2) is 17.5 Å². The molecule has 3 aromatic carbocycles. The molecular formula is C24H21BF5N-. The van der Waals surface area contributed by atoms with Crippen molar-refractivity contribution >= 4 is 28.8 Å². The van der Waals surface area contributed by atoms with E-state index in [-0.39, 0.29) is 16.5 Å². The van der Waals surface area contributed by atoms with Crippen LogP contribution in [0.2, 0.25) is 0 Å². The Morgan fingerprint density at radius 3 is 1.94 bits per heavy atom. The van der Waals surface area contributed by atoms with Crippen LogP contribution in [0.5, 0.6) is 0 Å². The third kappa shape index (κ3) is 4.09. The normalized spacial score (nSPS) is 13.7. The van der Waals surface area contributed by atoms with E-state index in [1.54, 1.807) is 68.4 Å². The summed E-state index contributed by atoms with van der Waals surface area (Å²) in [5, 5.41) is 0. The first-order valence-corrected chi connectivity index (χ1v) is 9.41. The van der Waals surface area contributed by atoms with Crippen molar-refractivity contribution in [3.63, 3.8) is 0 Å². The first kappa shape index (κ1) is 18.7. The highest BCUT2D eigenvalue weighted by Crippen LogP contribution is 2.25. The number of anilines is 1. The molecule has 0 saturated heterocycles. The second-order valence-corrected chi connectivity index (χ2v) is 7.34. The quantitative estimate of drug-likeness (QED) is 0.237. The fourth-order valence-corrected chi connectivity index (χ4v) is 3.57. The van der Waals surface area contributed by atoms with Gasteiger partial charge in [0.1, 0.15) is 11.6 Å². The van der Waals surface area contributed by atoms with Crippen LogP contribution in [-0.2, 0) is 0 Å². The van der Waals surface area contributed by atoms with Crippen LogP contribution >= 0.6 is 0 Å². The Morgan fingerprint density at radius 1 is 0.839 bits per heavy atom. The van der Waals surface area contributed by atoms with Crippen LogP contribution in [0.25, 0.3) is 5.47 Å².